The highest BCUT2D eigenvalue weighted by Gasteiger charge is 2.20. The minimum absolute atomic E-state index is 0.356. The first-order chi connectivity index (χ1) is 15.0. The second-order valence-electron chi connectivity index (χ2n) is 7.39. The summed E-state index contributed by atoms with van der Waals surface area (Å²) in [6.45, 7) is 4.76. The minimum Gasteiger partial charge on any atom is -0.495 e. The zero-order valence-corrected chi connectivity index (χ0v) is 18.3. The molecule has 0 saturated carbocycles. The van der Waals surface area contributed by atoms with Crippen LogP contribution in [0.2, 0.25) is 0 Å². The highest BCUT2D eigenvalue weighted by atomic mass is 16.5. The predicted octanol–water partition coefficient (Wildman–Crippen LogP) is 2.61. The number of hydrogen-bond donors (Lipinski definition) is 1. The molecular formula is C22H29N5O4. The van der Waals surface area contributed by atoms with Crippen LogP contribution in [0.4, 0.5) is 5.69 Å². The standard InChI is InChI=1S/C22H29N5O4/c1-4-6-12-25-15-23-20-19(25)21(29)27(22(30)26(20)13-7-5-2)14-18(28)24-16-10-8-9-11-17(16)31-3/h8-11,15H,4-7,12-14H2,1-3H3,(H,24,28). The van der Waals surface area contributed by atoms with Crippen LogP contribution in [0.25, 0.3) is 11.2 Å². The van der Waals surface area contributed by atoms with Crippen LogP contribution >= 0.6 is 0 Å². The lowest BCUT2D eigenvalue weighted by atomic mass is 10.3. The first-order valence-corrected chi connectivity index (χ1v) is 10.6. The van der Waals surface area contributed by atoms with Crippen molar-refractivity contribution in [2.45, 2.75) is 59.2 Å². The number of carbonyl (C=O) groups is 1. The summed E-state index contributed by atoms with van der Waals surface area (Å²) in [5, 5.41) is 2.72. The SMILES string of the molecule is CCCCn1cnc2c1c(=O)n(CC(=O)Nc1ccccc1OC)c(=O)n2CCCC. The molecule has 0 saturated heterocycles. The maximum Gasteiger partial charge on any atom is 0.333 e. The monoisotopic (exact) mass is 427 g/mol. The van der Waals surface area contributed by atoms with Gasteiger partial charge >= 0.3 is 5.69 Å². The molecule has 0 unspecified atom stereocenters. The topological polar surface area (TPSA) is 100 Å². The summed E-state index contributed by atoms with van der Waals surface area (Å²) >= 11 is 0. The average molecular weight is 428 g/mol. The van der Waals surface area contributed by atoms with Gasteiger partial charge in [-0.15, -0.1) is 0 Å². The summed E-state index contributed by atoms with van der Waals surface area (Å²) in [5.41, 5.74) is 0.178. The number of fused-ring (bicyclic) bond motifs is 1. The van der Waals surface area contributed by atoms with Gasteiger partial charge in [0.1, 0.15) is 12.3 Å². The van der Waals surface area contributed by atoms with E-state index in [-0.39, 0.29) is 0 Å². The lowest BCUT2D eigenvalue weighted by Crippen LogP contribution is -2.43. The van der Waals surface area contributed by atoms with Crippen LogP contribution in [0.15, 0.2) is 40.2 Å². The molecule has 2 aromatic heterocycles. The highest BCUT2D eigenvalue weighted by molar-refractivity contribution is 5.92. The number of benzene rings is 1. The third kappa shape index (κ3) is 4.70. The number of ether oxygens (including phenoxy) is 1. The number of rotatable bonds is 10. The van der Waals surface area contributed by atoms with Crippen molar-refractivity contribution in [3.8, 4) is 5.75 Å². The predicted molar refractivity (Wildman–Crippen MR) is 120 cm³/mol. The van der Waals surface area contributed by atoms with Crippen LogP contribution in [0.1, 0.15) is 39.5 Å². The first-order valence-electron chi connectivity index (χ1n) is 10.6. The third-order valence-corrected chi connectivity index (χ3v) is 5.15. The molecule has 3 aromatic rings. The molecule has 1 amide bonds. The van der Waals surface area contributed by atoms with Gasteiger partial charge in [0, 0.05) is 13.1 Å². The number of imidazole rings is 1. The highest BCUT2D eigenvalue weighted by Crippen LogP contribution is 2.22. The first kappa shape index (κ1) is 22.3. The number of methoxy groups -OCH3 is 1. The van der Waals surface area contributed by atoms with E-state index in [1.54, 1.807) is 35.2 Å². The van der Waals surface area contributed by atoms with Crippen LogP contribution in [-0.4, -0.2) is 31.7 Å². The van der Waals surface area contributed by atoms with Crippen molar-refractivity contribution in [3.05, 3.63) is 51.4 Å². The molecule has 1 N–H and O–H groups in total. The van der Waals surface area contributed by atoms with E-state index in [9.17, 15) is 14.4 Å². The van der Waals surface area contributed by atoms with Crippen molar-refractivity contribution in [1.82, 2.24) is 18.7 Å². The summed E-state index contributed by atoms with van der Waals surface area (Å²) in [6.07, 6.45) is 5.10. The average Bonchev–Trinajstić information content (AvgIpc) is 3.19. The summed E-state index contributed by atoms with van der Waals surface area (Å²) in [6, 6.07) is 6.97. The molecule has 0 fully saturated rings. The molecule has 0 atom stereocenters. The molecule has 0 radical (unpaired) electrons. The number of carbonyl (C=O) groups excluding carboxylic acids is 1. The lowest BCUT2D eigenvalue weighted by Gasteiger charge is -2.13. The maximum absolute atomic E-state index is 13.2. The molecule has 0 spiro atoms. The number of nitrogens with zero attached hydrogens (tertiary/aromatic N) is 4. The van der Waals surface area contributed by atoms with Gasteiger partial charge in [-0.3, -0.25) is 14.2 Å². The van der Waals surface area contributed by atoms with E-state index in [1.165, 1.54) is 11.7 Å². The molecule has 1 aromatic carbocycles. The number of anilines is 1. The lowest BCUT2D eigenvalue weighted by molar-refractivity contribution is -0.116. The summed E-state index contributed by atoms with van der Waals surface area (Å²) in [4.78, 5) is 43.4. The van der Waals surface area contributed by atoms with E-state index in [2.05, 4.69) is 17.2 Å². The normalized spacial score (nSPS) is 11.1. The van der Waals surface area contributed by atoms with Gasteiger partial charge in [-0.25, -0.2) is 14.3 Å². The molecule has 9 nitrogen and oxygen atoms in total. The number of amides is 1. The zero-order chi connectivity index (χ0) is 22.4. The second-order valence-corrected chi connectivity index (χ2v) is 7.39. The largest absolute Gasteiger partial charge is 0.495 e. The number of hydrogen-bond acceptors (Lipinski definition) is 5. The van der Waals surface area contributed by atoms with Crippen LogP contribution in [0.3, 0.4) is 0 Å². The molecule has 0 bridgehead atoms. The van der Waals surface area contributed by atoms with Gasteiger partial charge in [-0.2, -0.15) is 0 Å². The fourth-order valence-electron chi connectivity index (χ4n) is 3.48. The fraction of sp³-hybridized carbons (Fsp3) is 0.455. The molecule has 9 heteroatoms. The Hall–Kier alpha value is -3.36. The van der Waals surface area contributed by atoms with E-state index in [1.807, 2.05) is 6.92 Å². The molecule has 0 aliphatic rings. The maximum atomic E-state index is 13.2. The van der Waals surface area contributed by atoms with E-state index in [4.69, 9.17) is 4.74 Å². The Morgan fingerprint density at radius 1 is 1.06 bits per heavy atom. The van der Waals surface area contributed by atoms with Gasteiger partial charge in [0.2, 0.25) is 5.91 Å². The van der Waals surface area contributed by atoms with Crippen LogP contribution in [0, 0.1) is 0 Å². The number of unbranched alkanes of at least 4 members (excludes halogenated alkanes) is 2. The van der Waals surface area contributed by atoms with Crippen molar-refractivity contribution in [2.24, 2.45) is 0 Å². The van der Waals surface area contributed by atoms with Gasteiger partial charge < -0.3 is 14.6 Å². The Morgan fingerprint density at radius 2 is 1.77 bits per heavy atom. The zero-order valence-electron chi connectivity index (χ0n) is 18.3. The molecule has 31 heavy (non-hydrogen) atoms. The number of nitrogens with one attached hydrogen (secondary N) is 1. The van der Waals surface area contributed by atoms with Crippen LogP contribution in [0.5, 0.6) is 5.75 Å². The Bertz CT molecular complexity index is 1170. The van der Waals surface area contributed by atoms with E-state index in [0.29, 0.717) is 35.7 Å². The van der Waals surface area contributed by atoms with Crippen LogP contribution in [-0.2, 0) is 24.4 Å². The Morgan fingerprint density at radius 3 is 2.48 bits per heavy atom. The fourth-order valence-corrected chi connectivity index (χ4v) is 3.48. The quantitative estimate of drug-likeness (QED) is 0.536. The summed E-state index contributed by atoms with van der Waals surface area (Å²) in [5.74, 6) is 0.0152. The number of para-hydroxylation sites is 2. The third-order valence-electron chi connectivity index (χ3n) is 5.15. The van der Waals surface area contributed by atoms with Gasteiger partial charge in [0.05, 0.1) is 19.1 Å². The van der Waals surface area contributed by atoms with E-state index < -0.39 is 23.7 Å². The van der Waals surface area contributed by atoms with E-state index >= 15 is 0 Å². The second kappa shape index (κ2) is 10.1. The molecular weight excluding hydrogens is 398 g/mol. The summed E-state index contributed by atoms with van der Waals surface area (Å²) < 4.78 is 9.51. The summed E-state index contributed by atoms with van der Waals surface area (Å²) in [7, 11) is 1.51. The molecule has 3 rings (SSSR count). The Balaban J connectivity index is 2.03. The van der Waals surface area contributed by atoms with Crippen molar-refractivity contribution in [2.75, 3.05) is 12.4 Å². The van der Waals surface area contributed by atoms with Crippen LogP contribution < -0.4 is 21.3 Å². The van der Waals surface area contributed by atoms with Crippen molar-refractivity contribution >= 4 is 22.8 Å². The smallest absolute Gasteiger partial charge is 0.333 e. The van der Waals surface area contributed by atoms with Gasteiger partial charge in [-0.05, 0) is 25.0 Å². The van der Waals surface area contributed by atoms with Gasteiger partial charge in [0.15, 0.2) is 11.2 Å². The minimum atomic E-state index is -0.526. The van der Waals surface area contributed by atoms with Crippen molar-refractivity contribution in [3.63, 3.8) is 0 Å². The number of aryl methyl sites for hydroxylation is 2. The number of aromatic nitrogens is 4. The van der Waals surface area contributed by atoms with Crippen molar-refractivity contribution < 1.29 is 9.53 Å². The molecule has 0 aliphatic carbocycles. The Kier molecular flexibility index (Phi) is 7.28. The molecule has 2 heterocycles. The van der Waals surface area contributed by atoms with Gasteiger partial charge in [0.25, 0.3) is 5.56 Å². The van der Waals surface area contributed by atoms with Crippen molar-refractivity contribution in [1.29, 1.82) is 0 Å². The molecule has 0 aliphatic heterocycles. The molecule has 166 valence electrons. The van der Waals surface area contributed by atoms with Gasteiger partial charge in [-0.1, -0.05) is 38.8 Å². The van der Waals surface area contributed by atoms with E-state index in [0.717, 1.165) is 30.3 Å². The Labute approximate surface area is 180 Å².